The van der Waals surface area contributed by atoms with E-state index >= 15 is 0 Å². The van der Waals surface area contributed by atoms with Crippen LogP contribution in [0.15, 0.2) is 24.3 Å². The molecule has 0 aliphatic rings. The molecule has 19 heavy (non-hydrogen) atoms. The van der Waals surface area contributed by atoms with Crippen LogP contribution in [0, 0.1) is 0 Å². The van der Waals surface area contributed by atoms with Crippen molar-refractivity contribution in [2.75, 3.05) is 0 Å². The van der Waals surface area contributed by atoms with Gasteiger partial charge in [0.15, 0.2) is 0 Å². The Morgan fingerprint density at radius 3 is 1.95 bits per heavy atom. The summed E-state index contributed by atoms with van der Waals surface area (Å²) in [4.78, 5) is 8.90. The summed E-state index contributed by atoms with van der Waals surface area (Å²) >= 11 is -0.648. The molecule has 0 fully saturated rings. The molecule has 0 aliphatic carbocycles. The molecule has 7 heteroatoms. The maximum absolute atomic E-state index is 10.6. The molecule has 0 aromatic heterocycles. The molecule has 0 saturated carbocycles. The van der Waals surface area contributed by atoms with Gasteiger partial charge >= 0.3 is 90.4 Å². The average molecular weight is 338 g/mol. The normalized spacial score (nSPS) is 10.8. The summed E-state index contributed by atoms with van der Waals surface area (Å²) in [6, 6.07) is 7.55. The molecule has 0 atom stereocenters. The van der Waals surface area contributed by atoms with Gasteiger partial charge in [-0.25, -0.2) is 4.79 Å². The van der Waals surface area contributed by atoms with Crippen LogP contribution in [0.1, 0.15) is 5.56 Å². The summed E-state index contributed by atoms with van der Waals surface area (Å²) in [5.74, 6) is 2.39. The molecule has 1 radical (unpaired) electrons. The van der Waals surface area contributed by atoms with Crippen molar-refractivity contribution in [2.45, 2.75) is 29.4 Å². The molecule has 1 aromatic rings. The number of hydrogen-bond acceptors (Lipinski definition) is 2. The van der Waals surface area contributed by atoms with Crippen LogP contribution in [-0.2, 0) is 11.2 Å². The number of halogens is 3. The van der Waals surface area contributed by atoms with Crippen LogP contribution in [0.5, 0.6) is 5.75 Å². The van der Waals surface area contributed by atoms with Crippen LogP contribution < -0.4 is 0 Å². The molecule has 0 amide bonds. The van der Waals surface area contributed by atoms with Crippen molar-refractivity contribution in [3.05, 3.63) is 29.8 Å². The average Bonchev–Trinajstić information content (AvgIpc) is 2.27. The Morgan fingerprint density at radius 2 is 1.63 bits per heavy atom. The van der Waals surface area contributed by atoms with Crippen molar-refractivity contribution < 1.29 is 28.2 Å². The van der Waals surface area contributed by atoms with E-state index in [0.29, 0.717) is 5.75 Å². The molecule has 2 N–H and O–H groups in total. The second-order valence-corrected chi connectivity index (χ2v) is 10.3. The van der Waals surface area contributed by atoms with E-state index in [1.54, 1.807) is 12.1 Å². The van der Waals surface area contributed by atoms with Gasteiger partial charge in [-0.3, -0.25) is 0 Å². The molecule has 0 saturated heterocycles. The summed E-state index contributed by atoms with van der Waals surface area (Å²) in [6.45, 7) is 0. The van der Waals surface area contributed by atoms with Gasteiger partial charge in [0.05, 0.1) is 0 Å². The Kier molecular flexibility index (Phi) is 7.58. The minimum absolute atomic E-state index is 0.364. The minimum atomic E-state index is -5.08. The Labute approximate surface area is 114 Å². The molecule has 1 aromatic carbocycles. The SMILES string of the molecule is O=C(O)C(F)(F)F.[CH3][Ge]([CH3])[CH2]Cc1ccc(O)cc1. The van der Waals surface area contributed by atoms with E-state index in [1.165, 1.54) is 17.2 Å². The summed E-state index contributed by atoms with van der Waals surface area (Å²) in [7, 11) is 0. The summed E-state index contributed by atoms with van der Waals surface area (Å²) in [5, 5.41) is 17.5. The summed E-state index contributed by atoms with van der Waals surface area (Å²) < 4.78 is 31.7. The number of benzene rings is 1. The molecular weight excluding hydrogens is 322 g/mol. The van der Waals surface area contributed by atoms with E-state index in [2.05, 4.69) is 11.5 Å². The zero-order valence-electron chi connectivity index (χ0n) is 10.7. The van der Waals surface area contributed by atoms with Gasteiger partial charge in [-0.1, -0.05) is 0 Å². The second kappa shape index (κ2) is 8.09. The van der Waals surface area contributed by atoms with Gasteiger partial charge in [-0.05, 0) is 0 Å². The molecule has 3 nitrogen and oxygen atoms in total. The number of aryl methyl sites for hydroxylation is 1. The molecule has 0 unspecified atom stereocenters. The number of alkyl halides is 3. The summed E-state index contributed by atoms with van der Waals surface area (Å²) in [6.07, 6.45) is -3.90. The van der Waals surface area contributed by atoms with E-state index in [4.69, 9.17) is 15.0 Å². The fraction of sp³-hybridized carbons (Fsp3) is 0.417. The van der Waals surface area contributed by atoms with Crippen molar-refractivity contribution in [1.82, 2.24) is 0 Å². The standard InChI is InChI=1S/C10H15GeO.C2HF3O2/c1-11(2)8-7-9-3-5-10(12)6-4-9;3-2(4,5)1(6)7/h3-6,12H,7-8H2,1-2H3;(H,6,7). The first kappa shape index (κ1) is 17.8. The number of aliphatic carboxylic acids is 1. The fourth-order valence-corrected chi connectivity index (χ4v) is 2.71. The Morgan fingerprint density at radius 1 is 1.21 bits per heavy atom. The van der Waals surface area contributed by atoms with Crippen LogP contribution in [-0.4, -0.2) is 36.7 Å². The number of aromatic hydroxyl groups is 1. The Bertz CT molecular complexity index is 388. The third-order valence-corrected chi connectivity index (χ3v) is 4.72. The van der Waals surface area contributed by atoms with Gasteiger partial charge in [0.25, 0.3) is 0 Å². The number of rotatable bonds is 3. The third kappa shape index (κ3) is 9.41. The maximum atomic E-state index is 10.6. The van der Waals surface area contributed by atoms with Gasteiger partial charge < -0.3 is 5.11 Å². The van der Waals surface area contributed by atoms with Crippen LogP contribution in [0.4, 0.5) is 13.2 Å². The van der Waals surface area contributed by atoms with E-state index in [9.17, 15) is 13.2 Å². The molecule has 0 spiro atoms. The van der Waals surface area contributed by atoms with Gasteiger partial charge in [-0.15, -0.1) is 0 Å². The van der Waals surface area contributed by atoms with E-state index in [0.717, 1.165) is 0 Å². The molecule has 0 aliphatic heterocycles. The number of phenols is 1. The number of carboxylic acid groups (broad SMARTS) is 1. The number of carbonyl (C=O) groups is 1. The Balaban J connectivity index is 0.000000399. The third-order valence-electron chi connectivity index (χ3n) is 2.09. The van der Waals surface area contributed by atoms with Gasteiger partial charge in [0.1, 0.15) is 0 Å². The van der Waals surface area contributed by atoms with Crippen molar-refractivity contribution in [1.29, 1.82) is 0 Å². The van der Waals surface area contributed by atoms with Crippen LogP contribution in [0.3, 0.4) is 0 Å². The Hall–Kier alpha value is -1.18. The predicted molar refractivity (Wildman–Crippen MR) is 67.8 cm³/mol. The molecular formula is C12H16F3GeO3. The van der Waals surface area contributed by atoms with Crippen molar-refractivity contribution in [2.24, 2.45) is 0 Å². The first-order chi connectivity index (χ1) is 8.62. The first-order valence-corrected chi connectivity index (χ1v) is 11.2. The van der Waals surface area contributed by atoms with Crippen LogP contribution in [0.25, 0.3) is 0 Å². The monoisotopic (exact) mass is 339 g/mol. The van der Waals surface area contributed by atoms with Gasteiger partial charge in [0, 0.05) is 0 Å². The molecule has 0 bridgehead atoms. The van der Waals surface area contributed by atoms with Gasteiger partial charge in [0.2, 0.25) is 0 Å². The van der Waals surface area contributed by atoms with Crippen LogP contribution >= 0.6 is 0 Å². The van der Waals surface area contributed by atoms with E-state index < -0.39 is 26.5 Å². The first-order valence-electron chi connectivity index (χ1n) is 5.50. The number of hydrogen-bond donors (Lipinski definition) is 2. The van der Waals surface area contributed by atoms with Gasteiger partial charge in [-0.2, -0.15) is 13.2 Å². The van der Waals surface area contributed by atoms with Crippen molar-refractivity contribution >= 4 is 20.3 Å². The number of phenolic OH excluding ortho intramolecular Hbond substituents is 1. The number of carboxylic acids is 1. The topological polar surface area (TPSA) is 57.5 Å². The zero-order chi connectivity index (χ0) is 15.1. The van der Waals surface area contributed by atoms with Crippen LogP contribution in [0.2, 0.25) is 16.8 Å². The zero-order valence-corrected chi connectivity index (χ0v) is 12.8. The van der Waals surface area contributed by atoms with Crippen molar-refractivity contribution in [3.8, 4) is 5.75 Å². The predicted octanol–water partition coefficient (Wildman–Crippen LogP) is 3.32. The van der Waals surface area contributed by atoms with E-state index in [-0.39, 0.29) is 0 Å². The van der Waals surface area contributed by atoms with E-state index in [1.807, 2.05) is 12.1 Å². The fourth-order valence-electron chi connectivity index (χ4n) is 1.06. The molecule has 0 heterocycles. The molecule has 1 rings (SSSR count). The quantitative estimate of drug-likeness (QED) is 0.832. The second-order valence-electron chi connectivity index (χ2n) is 4.18. The summed E-state index contributed by atoms with van der Waals surface area (Å²) in [5.41, 5.74) is 1.35. The molecule has 107 valence electrons. The van der Waals surface area contributed by atoms with Crippen molar-refractivity contribution in [3.63, 3.8) is 0 Å².